The third-order valence-electron chi connectivity index (χ3n) is 5.15. The fraction of sp³-hybridized carbons (Fsp3) is 0.474. The molecule has 0 amide bonds. The maximum absolute atomic E-state index is 12.6. The van der Waals surface area contributed by atoms with Crippen LogP contribution in [0.5, 0.6) is 0 Å². The quantitative estimate of drug-likeness (QED) is 0.829. The molecule has 0 radical (unpaired) electrons. The van der Waals surface area contributed by atoms with Crippen LogP contribution >= 0.6 is 11.3 Å². The molecule has 1 N–H and O–H groups in total. The lowest BCUT2D eigenvalue weighted by Crippen LogP contribution is -2.45. The summed E-state index contributed by atoms with van der Waals surface area (Å²) in [4.78, 5) is 12.2. The molecule has 0 spiro atoms. The maximum atomic E-state index is 12.6. The van der Waals surface area contributed by atoms with Gasteiger partial charge in [-0.25, -0.2) is 23.1 Å². The van der Waals surface area contributed by atoms with Gasteiger partial charge in [-0.1, -0.05) is 18.6 Å². The Kier molecular flexibility index (Phi) is 5.05. The van der Waals surface area contributed by atoms with Crippen molar-refractivity contribution in [3.05, 3.63) is 40.2 Å². The summed E-state index contributed by atoms with van der Waals surface area (Å²) in [6, 6.07) is 3.57. The van der Waals surface area contributed by atoms with Crippen LogP contribution in [0, 0.1) is 0 Å². The summed E-state index contributed by atoms with van der Waals surface area (Å²) in [5.41, 5.74) is 3.52. The number of sulfonamides is 1. The van der Waals surface area contributed by atoms with Gasteiger partial charge in [-0.05, 0) is 38.3 Å². The fourth-order valence-electron chi connectivity index (χ4n) is 3.70. The zero-order valence-electron chi connectivity index (χ0n) is 15.6. The normalized spacial score (nSPS) is 17.9. The molecular formula is C19H24N4O2S2. The molecule has 0 saturated carbocycles. The van der Waals surface area contributed by atoms with E-state index in [4.69, 9.17) is 0 Å². The zero-order chi connectivity index (χ0) is 19.0. The highest BCUT2D eigenvalue weighted by molar-refractivity contribution is 7.91. The lowest BCUT2D eigenvalue weighted by atomic mass is 10.1. The Balaban J connectivity index is 1.42. The monoisotopic (exact) mass is 404 g/mol. The van der Waals surface area contributed by atoms with E-state index in [-0.39, 0.29) is 6.04 Å². The molecule has 0 aromatic carbocycles. The van der Waals surface area contributed by atoms with Gasteiger partial charge < -0.3 is 4.90 Å². The van der Waals surface area contributed by atoms with Crippen LogP contribution < -0.4 is 9.62 Å². The number of anilines is 1. The lowest BCUT2D eigenvalue weighted by Gasteiger charge is -2.33. The van der Waals surface area contributed by atoms with Crippen molar-refractivity contribution < 1.29 is 8.42 Å². The summed E-state index contributed by atoms with van der Waals surface area (Å²) in [7, 11) is -3.43. The van der Waals surface area contributed by atoms with E-state index in [1.165, 1.54) is 16.9 Å². The van der Waals surface area contributed by atoms with Crippen LogP contribution in [0.3, 0.4) is 0 Å². The molecular weight excluding hydrogens is 380 g/mol. The minimum Gasteiger partial charge on any atom is -0.356 e. The molecule has 27 heavy (non-hydrogen) atoms. The molecule has 3 heterocycles. The zero-order valence-corrected chi connectivity index (χ0v) is 17.2. The molecule has 1 saturated heterocycles. The maximum Gasteiger partial charge on any atom is 0.250 e. The number of piperidine rings is 1. The van der Waals surface area contributed by atoms with Crippen molar-refractivity contribution in [2.75, 3.05) is 18.0 Å². The average molecular weight is 405 g/mol. The molecule has 2 aromatic rings. The van der Waals surface area contributed by atoms with E-state index in [1.54, 1.807) is 12.4 Å². The topological polar surface area (TPSA) is 75.2 Å². The third-order valence-corrected chi connectivity index (χ3v) is 8.39. The van der Waals surface area contributed by atoms with Crippen LogP contribution in [-0.2, 0) is 22.9 Å². The van der Waals surface area contributed by atoms with Crippen LogP contribution in [-0.4, -0.2) is 37.5 Å². The molecule has 1 aliphatic heterocycles. The van der Waals surface area contributed by atoms with Crippen molar-refractivity contribution in [3.63, 3.8) is 0 Å². The van der Waals surface area contributed by atoms with Crippen LogP contribution in [0.2, 0.25) is 0 Å². The van der Waals surface area contributed by atoms with Gasteiger partial charge in [-0.2, -0.15) is 0 Å². The number of hydrogen-bond acceptors (Lipinski definition) is 6. The predicted molar refractivity (Wildman–Crippen MR) is 109 cm³/mol. The molecule has 6 nitrogen and oxygen atoms in total. The average Bonchev–Trinajstić information content (AvgIpc) is 3.27. The van der Waals surface area contributed by atoms with Crippen LogP contribution in [0.15, 0.2) is 28.2 Å². The molecule has 144 valence electrons. The number of nitrogens with zero attached hydrogens (tertiary/aromatic N) is 3. The SMILES string of the molecule is CCc1ccc(S(=O)(=O)NC2CCN(c3ncnc4c3C=C(C)C4)CC2)s1. The Morgan fingerprint density at radius 2 is 2.04 bits per heavy atom. The smallest absolute Gasteiger partial charge is 0.250 e. The van der Waals surface area contributed by atoms with E-state index in [0.29, 0.717) is 4.21 Å². The van der Waals surface area contributed by atoms with Gasteiger partial charge >= 0.3 is 0 Å². The number of nitrogens with one attached hydrogen (secondary N) is 1. The van der Waals surface area contributed by atoms with Gasteiger partial charge in [0.2, 0.25) is 10.0 Å². The van der Waals surface area contributed by atoms with Crippen molar-refractivity contribution in [1.82, 2.24) is 14.7 Å². The van der Waals surface area contributed by atoms with Gasteiger partial charge in [0.25, 0.3) is 0 Å². The second-order valence-corrected chi connectivity index (χ2v) is 10.3. The predicted octanol–water partition coefficient (Wildman–Crippen LogP) is 3.01. The van der Waals surface area contributed by atoms with Gasteiger partial charge in [0, 0.05) is 36.0 Å². The van der Waals surface area contributed by atoms with E-state index in [2.05, 4.69) is 32.6 Å². The molecule has 2 aliphatic rings. The number of aryl methyl sites for hydroxylation is 1. The summed E-state index contributed by atoms with van der Waals surface area (Å²) >= 11 is 1.36. The van der Waals surface area contributed by atoms with Gasteiger partial charge in [-0.3, -0.25) is 0 Å². The first-order valence-electron chi connectivity index (χ1n) is 9.33. The highest BCUT2D eigenvalue weighted by Gasteiger charge is 2.28. The largest absolute Gasteiger partial charge is 0.356 e. The summed E-state index contributed by atoms with van der Waals surface area (Å²) in [6.07, 6.45) is 7.09. The van der Waals surface area contributed by atoms with Crippen molar-refractivity contribution in [2.45, 2.75) is 49.8 Å². The minimum absolute atomic E-state index is 0.0365. The second-order valence-electron chi connectivity index (χ2n) is 7.18. The molecule has 0 unspecified atom stereocenters. The molecule has 0 bridgehead atoms. The highest BCUT2D eigenvalue weighted by Crippen LogP contribution is 2.31. The Hall–Kier alpha value is -1.77. The van der Waals surface area contributed by atoms with Crippen LogP contribution in [0.1, 0.15) is 42.8 Å². The first-order valence-corrected chi connectivity index (χ1v) is 11.6. The highest BCUT2D eigenvalue weighted by atomic mass is 32.2. The first kappa shape index (κ1) is 18.6. The minimum atomic E-state index is -3.43. The Morgan fingerprint density at radius 1 is 1.26 bits per heavy atom. The Labute approximate surface area is 164 Å². The molecule has 1 aliphatic carbocycles. The number of fused-ring (bicyclic) bond motifs is 1. The molecule has 4 rings (SSSR count). The van der Waals surface area contributed by atoms with Gasteiger partial charge in [-0.15, -0.1) is 11.3 Å². The molecule has 2 aromatic heterocycles. The van der Waals surface area contributed by atoms with E-state index in [9.17, 15) is 8.42 Å². The summed E-state index contributed by atoms with van der Waals surface area (Å²) in [6.45, 7) is 5.72. The summed E-state index contributed by atoms with van der Waals surface area (Å²) < 4.78 is 28.6. The van der Waals surface area contributed by atoms with Gasteiger partial charge in [0.05, 0.1) is 5.69 Å². The summed E-state index contributed by atoms with van der Waals surface area (Å²) in [5, 5.41) is 0. The molecule has 8 heteroatoms. The van der Waals surface area contributed by atoms with E-state index in [0.717, 1.165) is 60.7 Å². The van der Waals surface area contributed by atoms with Crippen molar-refractivity contribution >= 4 is 33.3 Å². The van der Waals surface area contributed by atoms with Gasteiger partial charge in [0.1, 0.15) is 16.4 Å². The number of allylic oxidation sites excluding steroid dienone is 1. The molecule has 0 atom stereocenters. The summed E-state index contributed by atoms with van der Waals surface area (Å²) in [5.74, 6) is 0.976. The lowest BCUT2D eigenvalue weighted by molar-refractivity contribution is 0.458. The number of hydrogen-bond donors (Lipinski definition) is 1. The van der Waals surface area contributed by atoms with Crippen molar-refractivity contribution in [2.24, 2.45) is 0 Å². The second kappa shape index (κ2) is 7.33. The van der Waals surface area contributed by atoms with Crippen LogP contribution in [0.4, 0.5) is 5.82 Å². The van der Waals surface area contributed by atoms with Gasteiger partial charge in [0.15, 0.2) is 0 Å². The standard InChI is InChI=1S/C19H24N4O2S2/c1-3-15-4-5-18(26-15)27(24,25)22-14-6-8-23(9-7-14)19-16-10-13(2)11-17(16)20-12-21-19/h4-5,10,12,14,22H,3,6-9,11H2,1-2H3. The Morgan fingerprint density at radius 3 is 2.74 bits per heavy atom. The molecule has 1 fully saturated rings. The number of aromatic nitrogens is 2. The van der Waals surface area contributed by atoms with Crippen molar-refractivity contribution in [1.29, 1.82) is 0 Å². The third kappa shape index (κ3) is 3.79. The van der Waals surface area contributed by atoms with Crippen LogP contribution in [0.25, 0.3) is 6.08 Å². The number of thiophene rings is 1. The Bertz CT molecular complexity index is 973. The van der Waals surface area contributed by atoms with Crippen molar-refractivity contribution in [3.8, 4) is 0 Å². The van der Waals surface area contributed by atoms with E-state index >= 15 is 0 Å². The first-order chi connectivity index (χ1) is 13.0. The van der Waals surface area contributed by atoms with E-state index < -0.39 is 10.0 Å². The fourth-order valence-corrected chi connectivity index (χ4v) is 6.32. The van der Waals surface area contributed by atoms with E-state index in [1.807, 2.05) is 13.0 Å². The number of rotatable bonds is 5.